The molecule has 1 saturated heterocycles. The number of rotatable bonds is 7. The Morgan fingerprint density at radius 1 is 1.06 bits per heavy atom. The van der Waals surface area contributed by atoms with Crippen LogP contribution in [0.4, 0.5) is 0 Å². The van der Waals surface area contributed by atoms with Crippen LogP contribution in [-0.4, -0.2) is 55.8 Å². The van der Waals surface area contributed by atoms with E-state index in [1.54, 1.807) is 24.3 Å². The van der Waals surface area contributed by atoms with E-state index in [0.717, 1.165) is 5.56 Å². The van der Waals surface area contributed by atoms with Gasteiger partial charge in [-0.25, -0.2) is 4.79 Å². The van der Waals surface area contributed by atoms with Crippen LogP contribution in [0, 0.1) is 0 Å². The molecule has 1 fully saturated rings. The summed E-state index contributed by atoms with van der Waals surface area (Å²) in [5.41, 5.74) is 1.44. The Morgan fingerprint density at radius 2 is 1.77 bits per heavy atom. The van der Waals surface area contributed by atoms with Gasteiger partial charge in [-0.15, -0.1) is 0 Å². The Hall–Kier alpha value is -3.20. The molecule has 9 heteroatoms. The number of hydrogen-bond acceptors (Lipinski definition) is 6. The molecule has 0 spiro atoms. The van der Waals surface area contributed by atoms with Crippen molar-refractivity contribution < 1.29 is 29.7 Å². The van der Waals surface area contributed by atoms with E-state index in [4.69, 9.17) is 0 Å². The maximum absolute atomic E-state index is 12.9. The van der Waals surface area contributed by atoms with E-state index < -0.39 is 35.1 Å². The molecule has 0 radical (unpaired) electrons. The minimum Gasteiger partial charge on any atom is -0.508 e. The normalized spacial score (nSPS) is 19.1. The van der Waals surface area contributed by atoms with Crippen LogP contribution in [0.15, 0.2) is 48.5 Å². The summed E-state index contributed by atoms with van der Waals surface area (Å²) in [5.74, 6) is -1.93. The zero-order valence-electron chi connectivity index (χ0n) is 16.6. The van der Waals surface area contributed by atoms with Crippen LogP contribution in [0.25, 0.3) is 0 Å². The third kappa shape index (κ3) is 5.49. The fourth-order valence-electron chi connectivity index (χ4n) is 3.78. The second-order valence-electron chi connectivity index (χ2n) is 7.45. The average molecular weight is 445 g/mol. The molecular formula is C22H24N2O6S. The average Bonchev–Trinajstić information content (AvgIpc) is 3.19. The molecule has 0 bridgehead atoms. The smallest absolute Gasteiger partial charge is 0.326 e. The van der Waals surface area contributed by atoms with Gasteiger partial charge in [0.05, 0.1) is 17.8 Å². The number of thiol groups is 1. The first-order chi connectivity index (χ1) is 14.8. The number of likely N-dealkylation sites (tertiary alicyclic amines) is 1. The van der Waals surface area contributed by atoms with E-state index >= 15 is 0 Å². The quantitative estimate of drug-likeness (QED) is 0.415. The molecule has 164 valence electrons. The van der Waals surface area contributed by atoms with Crippen molar-refractivity contribution in [1.29, 1.82) is 0 Å². The number of aliphatic carboxylic acids is 1. The van der Waals surface area contributed by atoms with Gasteiger partial charge in [0.2, 0.25) is 11.8 Å². The third-order valence-corrected chi connectivity index (χ3v) is 5.71. The predicted molar refractivity (Wildman–Crippen MR) is 116 cm³/mol. The van der Waals surface area contributed by atoms with E-state index in [2.05, 4.69) is 17.9 Å². The van der Waals surface area contributed by atoms with E-state index in [1.807, 2.05) is 0 Å². The van der Waals surface area contributed by atoms with Crippen LogP contribution in [-0.2, 0) is 20.8 Å². The monoisotopic (exact) mass is 444 g/mol. The summed E-state index contributed by atoms with van der Waals surface area (Å²) in [4.78, 5) is 38.2. The van der Waals surface area contributed by atoms with Gasteiger partial charge in [-0.05, 0) is 54.7 Å². The first kappa shape index (κ1) is 22.5. The molecule has 0 aromatic heterocycles. The SMILES string of the molecule is O=C(O)[C@H]1CCC(c2cccc(O)c2)N1C(=O)CNC(=O)[C@@H](S)Cc1ccc(O)cc1. The van der Waals surface area contributed by atoms with Gasteiger partial charge < -0.3 is 25.5 Å². The molecule has 2 amide bonds. The Labute approximate surface area is 184 Å². The molecule has 1 unspecified atom stereocenters. The highest BCUT2D eigenvalue weighted by Crippen LogP contribution is 2.37. The van der Waals surface area contributed by atoms with Crippen molar-refractivity contribution >= 4 is 30.4 Å². The molecule has 1 heterocycles. The lowest BCUT2D eigenvalue weighted by atomic mass is 10.0. The molecule has 31 heavy (non-hydrogen) atoms. The number of aromatic hydroxyl groups is 2. The van der Waals surface area contributed by atoms with Crippen LogP contribution in [0.5, 0.6) is 11.5 Å². The first-order valence-corrected chi connectivity index (χ1v) is 10.3. The maximum atomic E-state index is 12.9. The fraction of sp³-hybridized carbons (Fsp3) is 0.318. The number of hydrogen-bond donors (Lipinski definition) is 5. The highest BCUT2D eigenvalue weighted by atomic mass is 32.1. The van der Waals surface area contributed by atoms with Crippen molar-refractivity contribution in [3.63, 3.8) is 0 Å². The van der Waals surface area contributed by atoms with Crippen molar-refractivity contribution in [3.8, 4) is 11.5 Å². The zero-order valence-corrected chi connectivity index (χ0v) is 17.5. The van der Waals surface area contributed by atoms with Crippen molar-refractivity contribution in [2.75, 3.05) is 6.54 Å². The van der Waals surface area contributed by atoms with Crippen molar-refractivity contribution in [1.82, 2.24) is 10.2 Å². The topological polar surface area (TPSA) is 127 Å². The summed E-state index contributed by atoms with van der Waals surface area (Å²) in [5, 5.41) is 30.4. The van der Waals surface area contributed by atoms with E-state index in [1.165, 1.54) is 29.2 Å². The number of carbonyl (C=O) groups is 3. The number of carboxylic acids is 1. The molecule has 8 nitrogen and oxygen atoms in total. The van der Waals surface area contributed by atoms with E-state index in [9.17, 15) is 29.7 Å². The highest BCUT2D eigenvalue weighted by molar-refractivity contribution is 7.81. The molecule has 2 aromatic rings. The molecule has 0 aliphatic carbocycles. The van der Waals surface area contributed by atoms with Gasteiger partial charge in [0.15, 0.2) is 0 Å². The number of nitrogens with zero attached hydrogens (tertiary/aromatic N) is 1. The van der Waals surface area contributed by atoms with Gasteiger partial charge in [0.25, 0.3) is 0 Å². The Bertz CT molecular complexity index is 965. The van der Waals surface area contributed by atoms with Gasteiger partial charge >= 0.3 is 5.97 Å². The lowest BCUT2D eigenvalue weighted by Crippen LogP contribution is -2.47. The molecule has 0 saturated carbocycles. The standard InChI is InChI=1S/C22H24N2O6S/c25-15-6-4-13(5-7-15)10-19(31)21(28)23-12-20(27)24-17(8-9-18(24)22(29)30)14-2-1-3-16(26)11-14/h1-7,11,17-19,25-26,31H,8-10,12H2,(H,23,28)(H,29,30)/t17?,18-,19+/m1/s1. The van der Waals surface area contributed by atoms with Crippen LogP contribution < -0.4 is 5.32 Å². The van der Waals surface area contributed by atoms with Gasteiger partial charge in [-0.2, -0.15) is 12.6 Å². The van der Waals surface area contributed by atoms with E-state index in [0.29, 0.717) is 18.4 Å². The second kappa shape index (κ2) is 9.74. The van der Waals surface area contributed by atoms with Gasteiger partial charge in [-0.1, -0.05) is 24.3 Å². The second-order valence-corrected chi connectivity index (χ2v) is 8.07. The molecule has 1 aliphatic rings. The number of phenols is 2. The molecule has 2 aromatic carbocycles. The predicted octanol–water partition coefficient (Wildman–Crippen LogP) is 1.87. The Morgan fingerprint density at radius 3 is 2.42 bits per heavy atom. The summed E-state index contributed by atoms with van der Waals surface area (Å²) in [6.45, 7) is -0.357. The summed E-state index contributed by atoms with van der Waals surface area (Å²) >= 11 is 4.29. The summed E-state index contributed by atoms with van der Waals surface area (Å²) in [6.07, 6.45) is 1.03. The number of carbonyl (C=O) groups excluding carboxylic acids is 2. The minimum absolute atomic E-state index is 0.0316. The molecule has 4 N–H and O–H groups in total. The number of carboxylic acid groups (broad SMARTS) is 1. The lowest BCUT2D eigenvalue weighted by molar-refractivity contribution is -0.149. The molecular weight excluding hydrogens is 420 g/mol. The van der Waals surface area contributed by atoms with E-state index in [-0.39, 0.29) is 24.5 Å². The van der Waals surface area contributed by atoms with Crippen LogP contribution in [0.2, 0.25) is 0 Å². The summed E-state index contributed by atoms with van der Waals surface area (Å²) in [6, 6.07) is 11.3. The Balaban J connectivity index is 1.65. The number of phenolic OH excluding ortho intramolecular Hbond substituents is 2. The number of nitrogens with one attached hydrogen (secondary N) is 1. The Kier molecular flexibility index (Phi) is 7.06. The van der Waals surface area contributed by atoms with Crippen molar-refractivity contribution in [2.45, 2.75) is 36.6 Å². The van der Waals surface area contributed by atoms with Crippen LogP contribution in [0.3, 0.4) is 0 Å². The zero-order chi connectivity index (χ0) is 22.5. The molecule has 1 aliphatic heterocycles. The fourth-order valence-corrected chi connectivity index (χ4v) is 4.08. The number of amides is 2. The largest absolute Gasteiger partial charge is 0.508 e. The third-order valence-electron chi connectivity index (χ3n) is 5.30. The minimum atomic E-state index is -1.11. The van der Waals surface area contributed by atoms with Gasteiger partial charge in [-0.3, -0.25) is 9.59 Å². The van der Waals surface area contributed by atoms with Gasteiger partial charge in [0, 0.05) is 0 Å². The number of benzene rings is 2. The van der Waals surface area contributed by atoms with Crippen molar-refractivity contribution in [3.05, 3.63) is 59.7 Å². The maximum Gasteiger partial charge on any atom is 0.326 e. The lowest BCUT2D eigenvalue weighted by Gasteiger charge is -2.29. The highest BCUT2D eigenvalue weighted by Gasteiger charge is 2.41. The molecule has 3 atom stereocenters. The van der Waals surface area contributed by atoms with Gasteiger partial charge in [0.1, 0.15) is 17.5 Å². The summed E-state index contributed by atoms with van der Waals surface area (Å²) < 4.78 is 0. The molecule has 3 rings (SSSR count). The van der Waals surface area contributed by atoms with Crippen molar-refractivity contribution in [2.24, 2.45) is 0 Å². The van der Waals surface area contributed by atoms with Crippen LogP contribution >= 0.6 is 12.6 Å². The first-order valence-electron chi connectivity index (χ1n) is 9.83. The van der Waals surface area contributed by atoms with Crippen LogP contribution in [0.1, 0.15) is 30.0 Å². The summed E-state index contributed by atoms with van der Waals surface area (Å²) in [7, 11) is 0.